The molecule has 34 heavy (non-hydrogen) atoms. The molecule has 0 aliphatic heterocycles. The van der Waals surface area contributed by atoms with Crippen LogP contribution in [-0.4, -0.2) is 79.6 Å². The summed E-state index contributed by atoms with van der Waals surface area (Å²) < 4.78 is 0. The molecule has 9 heteroatoms. The summed E-state index contributed by atoms with van der Waals surface area (Å²) in [5.74, 6) is 1.68. The maximum atomic E-state index is 12.8. The fraction of sp³-hybridized carbons (Fsp3) is 0.640. The number of carbonyl (C=O) groups is 3. The van der Waals surface area contributed by atoms with Crippen molar-refractivity contribution in [1.82, 2.24) is 26.2 Å². The van der Waals surface area contributed by atoms with Gasteiger partial charge in [0, 0.05) is 50.1 Å². The maximum absolute atomic E-state index is 12.8. The van der Waals surface area contributed by atoms with Crippen LogP contribution >= 0.6 is 11.8 Å². The molecule has 3 amide bonds. The third-order valence-corrected chi connectivity index (χ3v) is 6.63. The van der Waals surface area contributed by atoms with Crippen molar-refractivity contribution >= 4 is 29.5 Å². The van der Waals surface area contributed by atoms with Crippen LogP contribution in [0.15, 0.2) is 30.3 Å². The highest BCUT2D eigenvalue weighted by molar-refractivity contribution is 7.99. The number of amides is 3. The summed E-state index contributed by atoms with van der Waals surface area (Å²) in [7, 11) is 2.16. The van der Waals surface area contributed by atoms with Crippen LogP contribution < -0.4 is 21.3 Å². The SMILES string of the molecule is CCC(=O)NCC(=O)N[C@@H](Cc1ccccc1)C(=O)NCCNCSCCN(C)[C@H](C)C(C)C. The third-order valence-electron chi connectivity index (χ3n) is 5.76. The van der Waals surface area contributed by atoms with Gasteiger partial charge in [-0.1, -0.05) is 51.1 Å². The normalized spacial score (nSPS) is 12.9. The quantitative estimate of drug-likeness (QED) is 0.194. The molecular weight excluding hydrogens is 450 g/mol. The van der Waals surface area contributed by atoms with Crippen LogP contribution in [0.4, 0.5) is 0 Å². The summed E-state index contributed by atoms with van der Waals surface area (Å²) in [5.41, 5.74) is 0.951. The number of carbonyl (C=O) groups excluding carboxylic acids is 3. The Morgan fingerprint density at radius 2 is 1.71 bits per heavy atom. The van der Waals surface area contributed by atoms with E-state index in [0.717, 1.165) is 23.7 Å². The lowest BCUT2D eigenvalue weighted by atomic mass is 10.1. The lowest BCUT2D eigenvalue weighted by Crippen LogP contribution is -2.51. The largest absolute Gasteiger partial charge is 0.353 e. The molecular formula is C25H43N5O3S. The lowest BCUT2D eigenvalue weighted by Gasteiger charge is -2.27. The fourth-order valence-electron chi connectivity index (χ4n) is 3.14. The van der Waals surface area contributed by atoms with Crippen LogP contribution in [0.3, 0.4) is 0 Å². The van der Waals surface area contributed by atoms with Crippen molar-refractivity contribution in [3.8, 4) is 0 Å². The fourth-order valence-corrected chi connectivity index (χ4v) is 3.99. The first kappa shape index (κ1) is 29.9. The van der Waals surface area contributed by atoms with Crippen molar-refractivity contribution in [1.29, 1.82) is 0 Å². The van der Waals surface area contributed by atoms with Gasteiger partial charge in [0.05, 0.1) is 6.54 Å². The van der Waals surface area contributed by atoms with Gasteiger partial charge in [-0.2, -0.15) is 0 Å². The molecule has 0 aliphatic carbocycles. The molecule has 0 bridgehead atoms. The third kappa shape index (κ3) is 13.0. The first-order valence-electron chi connectivity index (χ1n) is 12.1. The van der Waals surface area contributed by atoms with Crippen molar-refractivity contribution < 1.29 is 14.4 Å². The molecule has 8 nitrogen and oxygen atoms in total. The average Bonchev–Trinajstić information content (AvgIpc) is 2.83. The molecule has 0 aliphatic rings. The van der Waals surface area contributed by atoms with Gasteiger partial charge in [-0.05, 0) is 25.5 Å². The molecule has 0 heterocycles. The molecule has 192 valence electrons. The Morgan fingerprint density at radius 3 is 2.35 bits per heavy atom. The Kier molecular flexibility index (Phi) is 15.3. The molecule has 1 aromatic rings. The topological polar surface area (TPSA) is 103 Å². The van der Waals surface area contributed by atoms with E-state index < -0.39 is 6.04 Å². The lowest BCUT2D eigenvalue weighted by molar-refractivity contribution is -0.129. The minimum Gasteiger partial charge on any atom is -0.353 e. The van der Waals surface area contributed by atoms with E-state index >= 15 is 0 Å². The average molecular weight is 494 g/mol. The van der Waals surface area contributed by atoms with Gasteiger partial charge in [0.15, 0.2) is 0 Å². The second-order valence-electron chi connectivity index (χ2n) is 8.75. The first-order chi connectivity index (χ1) is 16.2. The predicted molar refractivity (Wildman–Crippen MR) is 141 cm³/mol. The summed E-state index contributed by atoms with van der Waals surface area (Å²) in [6.07, 6.45) is 0.687. The van der Waals surface area contributed by atoms with Crippen LogP contribution in [0.5, 0.6) is 0 Å². The monoisotopic (exact) mass is 493 g/mol. The highest BCUT2D eigenvalue weighted by Gasteiger charge is 2.21. The van der Waals surface area contributed by atoms with Crippen LogP contribution in [-0.2, 0) is 20.8 Å². The Morgan fingerprint density at radius 1 is 1.00 bits per heavy atom. The molecule has 1 rings (SSSR count). The van der Waals surface area contributed by atoms with Crippen LogP contribution in [0, 0.1) is 5.92 Å². The van der Waals surface area contributed by atoms with Crippen LogP contribution in [0.25, 0.3) is 0 Å². The molecule has 1 aromatic carbocycles. The number of nitrogens with zero attached hydrogens (tertiary/aromatic N) is 1. The number of thioether (sulfide) groups is 1. The Balaban J connectivity index is 2.37. The van der Waals surface area contributed by atoms with Crippen molar-refractivity contribution in [3.05, 3.63) is 35.9 Å². The van der Waals surface area contributed by atoms with E-state index in [9.17, 15) is 14.4 Å². The Hall–Kier alpha value is -2.10. The number of benzene rings is 1. The van der Waals surface area contributed by atoms with Gasteiger partial charge in [-0.25, -0.2) is 0 Å². The number of rotatable bonds is 17. The molecule has 0 fully saturated rings. The van der Waals surface area contributed by atoms with E-state index in [1.165, 1.54) is 0 Å². The molecule has 0 unspecified atom stereocenters. The number of hydrogen-bond acceptors (Lipinski definition) is 6. The number of hydrogen-bond donors (Lipinski definition) is 4. The van der Waals surface area contributed by atoms with Crippen molar-refractivity contribution in [3.63, 3.8) is 0 Å². The summed E-state index contributed by atoms with van der Waals surface area (Å²) in [5, 5.41) is 11.5. The van der Waals surface area contributed by atoms with Gasteiger partial charge in [-0.15, -0.1) is 11.8 Å². The zero-order valence-electron chi connectivity index (χ0n) is 21.4. The minimum atomic E-state index is -0.707. The van der Waals surface area contributed by atoms with E-state index in [0.29, 0.717) is 37.9 Å². The first-order valence-corrected chi connectivity index (χ1v) is 13.3. The Bertz CT molecular complexity index is 733. The predicted octanol–water partition coefficient (Wildman–Crippen LogP) is 1.61. The summed E-state index contributed by atoms with van der Waals surface area (Å²) in [4.78, 5) is 38.8. The summed E-state index contributed by atoms with van der Waals surface area (Å²) in [6.45, 7) is 10.5. The molecule has 0 saturated carbocycles. The van der Waals surface area contributed by atoms with Crippen molar-refractivity contribution in [2.75, 3.05) is 44.9 Å². The second kappa shape index (κ2) is 17.4. The van der Waals surface area contributed by atoms with E-state index in [1.807, 2.05) is 42.1 Å². The van der Waals surface area contributed by atoms with Gasteiger partial charge in [0.2, 0.25) is 17.7 Å². The minimum absolute atomic E-state index is 0.144. The summed E-state index contributed by atoms with van der Waals surface area (Å²) in [6, 6.07) is 9.40. The van der Waals surface area contributed by atoms with E-state index in [4.69, 9.17) is 0 Å². The van der Waals surface area contributed by atoms with E-state index in [1.54, 1.807) is 6.92 Å². The molecule has 0 saturated heterocycles. The van der Waals surface area contributed by atoms with Crippen LogP contribution in [0.2, 0.25) is 0 Å². The smallest absolute Gasteiger partial charge is 0.242 e. The molecule has 0 aromatic heterocycles. The molecule has 0 radical (unpaired) electrons. The van der Waals surface area contributed by atoms with Crippen molar-refractivity contribution in [2.24, 2.45) is 5.92 Å². The van der Waals surface area contributed by atoms with E-state index in [-0.39, 0.29) is 24.3 Å². The molecule has 2 atom stereocenters. The molecule has 0 spiro atoms. The Labute approximate surface area is 209 Å². The van der Waals surface area contributed by atoms with Gasteiger partial charge >= 0.3 is 0 Å². The summed E-state index contributed by atoms with van der Waals surface area (Å²) >= 11 is 1.84. The van der Waals surface area contributed by atoms with Crippen molar-refractivity contribution in [2.45, 2.75) is 52.6 Å². The highest BCUT2D eigenvalue weighted by Crippen LogP contribution is 2.09. The van der Waals surface area contributed by atoms with Gasteiger partial charge in [-0.3, -0.25) is 14.4 Å². The van der Waals surface area contributed by atoms with Crippen LogP contribution in [0.1, 0.15) is 39.7 Å². The standard InChI is InChI=1S/C25H43N5O3S/c1-6-23(31)28-17-24(32)29-22(16-21-10-8-7-9-11-21)25(33)27-13-12-26-18-34-15-14-30(5)20(4)19(2)3/h7-11,19-20,22,26H,6,12-18H2,1-5H3,(H,27,33)(H,28,31)(H,29,32)/t20-,22+/m1/s1. The zero-order valence-corrected chi connectivity index (χ0v) is 22.2. The van der Waals surface area contributed by atoms with E-state index in [2.05, 4.69) is 54.0 Å². The number of nitrogens with one attached hydrogen (secondary N) is 4. The highest BCUT2D eigenvalue weighted by atomic mass is 32.2. The van der Waals surface area contributed by atoms with Gasteiger partial charge in [0.1, 0.15) is 6.04 Å². The molecule has 4 N–H and O–H groups in total. The second-order valence-corrected chi connectivity index (χ2v) is 9.85. The maximum Gasteiger partial charge on any atom is 0.242 e. The van der Waals surface area contributed by atoms with Gasteiger partial charge in [0.25, 0.3) is 0 Å². The van der Waals surface area contributed by atoms with Gasteiger partial charge < -0.3 is 26.2 Å². The zero-order chi connectivity index (χ0) is 25.3.